The quantitative estimate of drug-likeness (QED) is 0.301. The van der Waals surface area contributed by atoms with Crippen molar-refractivity contribution in [2.24, 2.45) is 0 Å². The molecule has 0 fully saturated rings. The van der Waals surface area contributed by atoms with E-state index in [-0.39, 0.29) is 5.16 Å². The number of rotatable bonds is 4. The summed E-state index contributed by atoms with van der Waals surface area (Å²) in [6, 6.07) is 5.59. The smallest absolute Gasteiger partial charge is 0.227 e. The van der Waals surface area contributed by atoms with E-state index in [2.05, 4.69) is 29.9 Å². The van der Waals surface area contributed by atoms with Crippen LogP contribution in [0.15, 0.2) is 33.7 Å². The molecule has 3 heterocycles. The van der Waals surface area contributed by atoms with Gasteiger partial charge < -0.3 is 0 Å². The van der Waals surface area contributed by atoms with Gasteiger partial charge in [0.2, 0.25) is 0 Å². The van der Waals surface area contributed by atoms with Gasteiger partial charge in [-0.05, 0) is 81.3 Å². The van der Waals surface area contributed by atoms with Crippen LogP contribution in [0.4, 0.5) is 0 Å². The molecular formula is C18H21ClN6O2S3. The van der Waals surface area contributed by atoms with Crippen molar-refractivity contribution in [2.75, 3.05) is 0 Å². The first kappa shape index (κ1) is 24.4. The maximum absolute atomic E-state index is 10.8. The lowest BCUT2D eigenvalue weighted by molar-refractivity contribution is 0.599. The Labute approximate surface area is 188 Å². The standard InChI is InChI=1S/C12H14N4S2.C6H7ClN2O2S/c1-7-5-8(2)14-11(13-7)17-18-12-15-9(3)6-10(4)16-12;1-4-3-5(2)9-6(8-4)12(7,10)11/h5-6H,1-4H3;3H,1-2H3. The predicted octanol–water partition coefficient (Wildman–Crippen LogP) is 4.32. The molecule has 30 heavy (non-hydrogen) atoms. The summed E-state index contributed by atoms with van der Waals surface area (Å²) in [6.07, 6.45) is 0. The van der Waals surface area contributed by atoms with Crippen LogP contribution >= 0.6 is 32.3 Å². The second-order valence-electron chi connectivity index (χ2n) is 6.40. The Hall–Kier alpha value is -1.82. The maximum atomic E-state index is 10.8. The Bertz CT molecular complexity index is 1050. The number of halogens is 1. The van der Waals surface area contributed by atoms with Gasteiger partial charge in [-0.3, -0.25) is 0 Å². The molecule has 3 rings (SSSR count). The average molecular weight is 485 g/mol. The minimum absolute atomic E-state index is 0.332. The maximum Gasteiger partial charge on any atom is 0.296 e. The lowest BCUT2D eigenvalue weighted by atomic mass is 10.4. The summed E-state index contributed by atoms with van der Waals surface area (Å²) in [5, 5.41) is 1.17. The predicted molar refractivity (Wildman–Crippen MR) is 119 cm³/mol. The zero-order valence-corrected chi connectivity index (χ0v) is 20.5. The molecule has 3 aromatic rings. The first-order chi connectivity index (χ1) is 13.9. The van der Waals surface area contributed by atoms with Crippen molar-refractivity contribution in [1.82, 2.24) is 29.9 Å². The summed E-state index contributed by atoms with van der Waals surface area (Å²) in [5.74, 6) is 0. The molecule has 8 nitrogen and oxygen atoms in total. The molecule has 160 valence electrons. The number of aromatic nitrogens is 6. The molecule has 0 spiro atoms. The topological polar surface area (TPSA) is 111 Å². The first-order valence-electron chi connectivity index (χ1n) is 8.68. The van der Waals surface area contributed by atoms with Gasteiger partial charge in [0.05, 0.1) is 0 Å². The van der Waals surface area contributed by atoms with Crippen LogP contribution in [0, 0.1) is 41.5 Å². The number of hydrogen-bond donors (Lipinski definition) is 0. The highest BCUT2D eigenvalue weighted by Gasteiger charge is 2.14. The molecule has 0 saturated carbocycles. The second kappa shape index (κ2) is 10.5. The fourth-order valence-electron chi connectivity index (χ4n) is 2.34. The first-order valence-corrected chi connectivity index (χ1v) is 13.1. The van der Waals surface area contributed by atoms with Gasteiger partial charge in [0, 0.05) is 44.8 Å². The van der Waals surface area contributed by atoms with Gasteiger partial charge in [0.25, 0.3) is 14.2 Å². The Morgan fingerprint density at radius 1 is 0.600 bits per heavy atom. The summed E-state index contributed by atoms with van der Waals surface area (Å²) in [5.41, 5.74) is 5.08. The highest BCUT2D eigenvalue weighted by atomic mass is 35.7. The molecule has 0 bridgehead atoms. The molecule has 0 radical (unpaired) electrons. The van der Waals surface area contributed by atoms with Crippen LogP contribution in [0.3, 0.4) is 0 Å². The zero-order valence-electron chi connectivity index (χ0n) is 17.3. The van der Waals surface area contributed by atoms with Crippen molar-refractivity contribution in [3.8, 4) is 0 Å². The van der Waals surface area contributed by atoms with Gasteiger partial charge >= 0.3 is 0 Å². The summed E-state index contributed by atoms with van der Waals surface area (Å²) in [6.45, 7) is 11.2. The fourth-order valence-corrected chi connectivity index (χ4v) is 4.82. The Morgan fingerprint density at radius 2 is 0.867 bits per heavy atom. The summed E-state index contributed by atoms with van der Waals surface area (Å²) in [4.78, 5) is 24.8. The summed E-state index contributed by atoms with van der Waals surface area (Å²) < 4.78 is 21.6. The number of aryl methyl sites for hydroxylation is 6. The third-order valence-electron chi connectivity index (χ3n) is 3.29. The molecule has 0 aliphatic carbocycles. The Kier molecular flexibility index (Phi) is 8.53. The van der Waals surface area contributed by atoms with Gasteiger partial charge in [-0.1, -0.05) is 0 Å². The summed E-state index contributed by atoms with van der Waals surface area (Å²) in [7, 11) is 4.23. The van der Waals surface area contributed by atoms with Crippen LogP contribution in [0.5, 0.6) is 0 Å². The zero-order chi connectivity index (χ0) is 22.5. The average Bonchev–Trinajstić information content (AvgIpc) is 2.57. The van der Waals surface area contributed by atoms with E-state index in [1.165, 1.54) is 21.6 Å². The van der Waals surface area contributed by atoms with E-state index in [1.54, 1.807) is 19.9 Å². The highest BCUT2D eigenvalue weighted by Crippen LogP contribution is 2.33. The lowest BCUT2D eigenvalue weighted by Gasteiger charge is -2.03. The van der Waals surface area contributed by atoms with Crippen molar-refractivity contribution in [2.45, 2.75) is 57.0 Å². The van der Waals surface area contributed by atoms with Gasteiger partial charge in [0.1, 0.15) is 0 Å². The van der Waals surface area contributed by atoms with Crippen molar-refractivity contribution < 1.29 is 8.42 Å². The molecule has 0 aromatic carbocycles. The fraction of sp³-hybridized carbons (Fsp3) is 0.333. The third-order valence-corrected chi connectivity index (χ3v) is 6.22. The van der Waals surface area contributed by atoms with E-state index in [4.69, 9.17) is 10.7 Å². The van der Waals surface area contributed by atoms with E-state index in [1.807, 2.05) is 39.8 Å². The van der Waals surface area contributed by atoms with Crippen LogP contribution in [0.1, 0.15) is 34.2 Å². The van der Waals surface area contributed by atoms with Crippen molar-refractivity contribution >= 4 is 41.3 Å². The molecule has 3 aromatic heterocycles. The van der Waals surface area contributed by atoms with Gasteiger partial charge in [-0.15, -0.1) is 0 Å². The molecule has 0 amide bonds. The number of nitrogens with zero attached hydrogens (tertiary/aromatic N) is 6. The lowest BCUT2D eigenvalue weighted by Crippen LogP contribution is -2.01. The van der Waals surface area contributed by atoms with Crippen molar-refractivity contribution in [3.05, 3.63) is 52.4 Å². The molecule has 0 unspecified atom stereocenters. The molecular weight excluding hydrogens is 464 g/mol. The van der Waals surface area contributed by atoms with E-state index in [0.717, 1.165) is 33.1 Å². The third kappa shape index (κ3) is 8.13. The highest BCUT2D eigenvalue weighted by molar-refractivity contribution is 8.76. The van der Waals surface area contributed by atoms with Gasteiger partial charge in [0.15, 0.2) is 10.3 Å². The Morgan fingerprint density at radius 3 is 1.13 bits per heavy atom. The van der Waals surface area contributed by atoms with Gasteiger partial charge in [-0.25, -0.2) is 38.3 Å². The second-order valence-corrected chi connectivity index (χ2v) is 10.9. The molecule has 0 saturated heterocycles. The van der Waals surface area contributed by atoms with Crippen LogP contribution in [0.25, 0.3) is 0 Å². The monoisotopic (exact) mass is 484 g/mol. The van der Waals surface area contributed by atoms with Crippen LogP contribution in [-0.4, -0.2) is 38.3 Å². The van der Waals surface area contributed by atoms with Crippen molar-refractivity contribution in [3.63, 3.8) is 0 Å². The van der Waals surface area contributed by atoms with E-state index >= 15 is 0 Å². The van der Waals surface area contributed by atoms with Crippen LogP contribution in [-0.2, 0) is 9.05 Å². The molecule has 0 aliphatic heterocycles. The van der Waals surface area contributed by atoms with E-state index in [0.29, 0.717) is 11.4 Å². The molecule has 0 aliphatic rings. The SMILES string of the molecule is Cc1cc(C)nc(S(=O)(=O)Cl)n1.Cc1cc(C)nc(SSc2nc(C)cc(C)n2)n1. The summed E-state index contributed by atoms with van der Waals surface area (Å²) >= 11 is 0. The van der Waals surface area contributed by atoms with E-state index < -0.39 is 9.05 Å². The van der Waals surface area contributed by atoms with Gasteiger partial charge in [-0.2, -0.15) is 0 Å². The van der Waals surface area contributed by atoms with Crippen LogP contribution < -0.4 is 0 Å². The Balaban J connectivity index is 0.000000232. The minimum atomic E-state index is -3.80. The molecule has 12 heteroatoms. The minimum Gasteiger partial charge on any atom is -0.227 e. The molecule has 0 N–H and O–H groups in total. The van der Waals surface area contributed by atoms with Crippen LogP contribution in [0.2, 0.25) is 0 Å². The largest absolute Gasteiger partial charge is 0.296 e. The molecule has 0 atom stereocenters. The normalized spacial score (nSPS) is 11.0. The van der Waals surface area contributed by atoms with E-state index in [9.17, 15) is 8.42 Å². The van der Waals surface area contributed by atoms with Crippen molar-refractivity contribution in [1.29, 1.82) is 0 Å². The number of hydrogen-bond acceptors (Lipinski definition) is 10.